The lowest BCUT2D eigenvalue weighted by Crippen LogP contribution is -2.40. The number of carbonyl (C=O) groups is 2. The first-order chi connectivity index (χ1) is 9.88. The fourth-order valence-corrected chi connectivity index (χ4v) is 2.97. The van der Waals surface area contributed by atoms with Crippen LogP contribution in [0, 0.1) is 0 Å². The number of nitrogens with one attached hydrogen (secondary N) is 3. The molecule has 0 aromatic carbocycles. The molecule has 0 aliphatic carbocycles. The molecule has 7 heteroatoms. The lowest BCUT2D eigenvalue weighted by Gasteiger charge is -2.15. The Balaban J connectivity index is 2.02. The maximum absolute atomic E-state index is 11.5. The van der Waals surface area contributed by atoms with E-state index >= 15 is 0 Å². The minimum atomic E-state index is -1.03. The van der Waals surface area contributed by atoms with Crippen molar-refractivity contribution in [1.29, 1.82) is 0 Å². The van der Waals surface area contributed by atoms with Crippen molar-refractivity contribution in [3.05, 3.63) is 24.2 Å². The summed E-state index contributed by atoms with van der Waals surface area (Å²) in [5, 5.41) is 8.17. The monoisotopic (exact) mass is 311 g/mol. The maximum atomic E-state index is 11.5. The lowest BCUT2D eigenvalue weighted by atomic mass is 10.4. The summed E-state index contributed by atoms with van der Waals surface area (Å²) in [7, 11) is -1.03. The molecule has 1 rings (SSSR count). The number of hydrogen-bond acceptors (Lipinski definition) is 3. The quantitative estimate of drug-likeness (QED) is 0.507. The Morgan fingerprint density at radius 1 is 1.10 bits per heavy atom. The number of carbonyl (C=O) groups excluding carboxylic acids is 2. The summed E-state index contributed by atoms with van der Waals surface area (Å²) in [5.74, 6) is -0.0110. The van der Waals surface area contributed by atoms with Crippen molar-refractivity contribution in [2.45, 2.75) is 32.1 Å². The number of amides is 3. The molecule has 1 aromatic rings. The van der Waals surface area contributed by atoms with Crippen LogP contribution in [0.5, 0.6) is 0 Å². The highest BCUT2D eigenvalue weighted by molar-refractivity contribution is 6.76. The van der Waals surface area contributed by atoms with E-state index in [9.17, 15) is 9.59 Å². The van der Waals surface area contributed by atoms with Gasteiger partial charge in [-0.2, -0.15) is 0 Å². The second kappa shape index (κ2) is 8.51. The van der Waals surface area contributed by atoms with Crippen LogP contribution in [0.4, 0.5) is 4.79 Å². The highest BCUT2D eigenvalue weighted by Gasteiger charge is 2.12. The van der Waals surface area contributed by atoms with E-state index in [4.69, 9.17) is 4.42 Å². The van der Waals surface area contributed by atoms with E-state index in [1.807, 2.05) is 0 Å². The maximum Gasteiger partial charge on any atom is 0.314 e. The van der Waals surface area contributed by atoms with Crippen molar-refractivity contribution in [3.8, 4) is 0 Å². The van der Waals surface area contributed by atoms with Crippen LogP contribution in [0.2, 0.25) is 25.7 Å². The Kier molecular flexibility index (Phi) is 7.00. The summed E-state index contributed by atoms with van der Waals surface area (Å²) in [6.07, 6.45) is 2.46. The van der Waals surface area contributed by atoms with Gasteiger partial charge in [0.05, 0.1) is 6.26 Å². The molecule has 1 aromatic heterocycles. The molecule has 118 valence electrons. The molecule has 0 radical (unpaired) electrons. The number of furan rings is 1. The summed E-state index contributed by atoms with van der Waals surface area (Å²) >= 11 is 0. The van der Waals surface area contributed by atoms with Crippen molar-refractivity contribution < 1.29 is 14.0 Å². The summed E-state index contributed by atoms with van der Waals surface area (Å²) in [6, 6.07) is 4.25. The molecule has 0 spiro atoms. The summed E-state index contributed by atoms with van der Waals surface area (Å²) < 4.78 is 4.96. The third kappa shape index (κ3) is 8.18. The fraction of sp³-hybridized carbons (Fsp3) is 0.571. The predicted octanol–water partition coefficient (Wildman–Crippen LogP) is 2.04. The zero-order valence-corrected chi connectivity index (χ0v) is 14.0. The standard InChI is InChI=1S/C14H25N3O3Si/c1-21(2,3)11-5-7-16-14(19)17-9-8-15-13(18)12-6-4-10-20-12/h4,6,10H,5,7-9,11H2,1-3H3,(H,15,18)(H2,16,17,19). The average molecular weight is 311 g/mol. The molecule has 0 unspecified atom stereocenters. The minimum Gasteiger partial charge on any atom is -0.459 e. The van der Waals surface area contributed by atoms with Gasteiger partial charge in [-0.1, -0.05) is 25.7 Å². The van der Waals surface area contributed by atoms with Crippen molar-refractivity contribution in [1.82, 2.24) is 16.0 Å². The first kappa shape index (κ1) is 17.3. The SMILES string of the molecule is C[Si](C)(C)CCCNC(=O)NCCNC(=O)c1ccco1. The third-order valence-corrected chi connectivity index (χ3v) is 4.68. The van der Waals surface area contributed by atoms with Gasteiger partial charge in [-0.3, -0.25) is 4.79 Å². The molecule has 0 atom stereocenters. The third-order valence-electron chi connectivity index (χ3n) is 2.83. The van der Waals surface area contributed by atoms with Crippen molar-refractivity contribution in [3.63, 3.8) is 0 Å². The van der Waals surface area contributed by atoms with Crippen LogP contribution in [0.25, 0.3) is 0 Å². The molecular weight excluding hydrogens is 286 g/mol. The molecule has 0 saturated heterocycles. The van der Waals surface area contributed by atoms with E-state index in [1.54, 1.807) is 12.1 Å². The average Bonchev–Trinajstić information content (AvgIpc) is 2.92. The van der Waals surface area contributed by atoms with E-state index in [1.165, 1.54) is 12.3 Å². The molecule has 0 bridgehead atoms. The molecule has 3 amide bonds. The Morgan fingerprint density at radius 2 is 1.76 bits per heavy atom. The molecule has 1 heterocycles. The van der Waals surface area contributed by atoms with E-state index in [2.05, 4.69) is 35.6 Å². The van der Waals surface area contributed by atoms with Crippen LogP contribution in [-0.2, 0) is 0 Å². The number of urea groups is 1. The first-order valence-corrected chi connectivity index (χ1v) is 10.9. The largest absolute Gasteiger partial charge is 0.459 e. The van der Waals surface area contributed by atoms with E-state index in [0.29, 0.717) is 19.6 Å². The zero-order valence-electron chi connectivity index (χ0n) is 13.0. The fourth-order valence-electron chi connectivity index (χ4n) is 1.73. The minimum absolute atomic E-state index is 0.196. The molecule has 6 nitrogen and oxygen atoms in total. The smallest absolute Gasteiger partial charge is 0.314 e. The summed E-state index contributed by atoms with van der Waals surface area (Å²) in [6.45, 7) is 8.38. The van der Waals surface area contributed by atoms with Gasteiger partial charge in [0.2, 0.25) is 0 Å². The van der Waals surface area contributed by atoms with Gasteiger partial charge in [-0.05, 0) is 18.6 Å². The summed E-state index contributed by atoms with van der Waals surface area (Å²) in [4.78, 5) is 23.0. The second-order valence-electron chi connectivity index (χ2n) is 6.08. The van der Waals surface area contributed by atoms with Gasteiger partial charge in [0.1, 0.15) is 0 Å². The Labute approximate surface area is 126 Å². The van der Waals surface area contributed by atoms with Gasteiger partial charge in [-0.25, -0.2) is 4.79 Å². The molecule has 3 N–H and O–H groups in total. The normalized spacial score (nSPS) is 11.0. The molecule has 0 saturated carbocycles. The van der Waals surface area contributed by atoms with Crippen LogP contribution < -0.4 is 16.0 Å². The van der Waals surface area contributed by atoms with Gasteiger partial charge >= 0.3 is 6.03 Å². The molecule has 0 aliphatic rings. The Hall–Kier alpha value is -1.76. The Morgan fingerprint density at radius 3 is 2.38 bits per heavy atom. The molecule has 0 aliphatic heterocycles. The number of hydrogen-bond donors (Lipinski definition) is 3. The van der Waals surface area contributed by atoms with Gasteiger partial charge in [0.15, 0.2) is 5.76 Å². The van der Waals surface area contributed by atoms with Crippen molar-refractivity contribution in [2.24, 2.45) is 0 Å². The zero-order chi connectivity index (χ0) is 15.7. The second-order valence-corrected chi connectivity index (χ2v) is 11.7. The van der Waals surface area contributed by atoms with Crippen LogP contribution in [0.1, 0.15) is 17.0 Å². The van der Waals surface area contributed by atoms with E-state index in [0.717, 1.165) is 6.42 Å². The topological polar surface area (TPSA) is 83.4 Å². The van der Waals surface area contributed by atoms with Gasteiger partial charge in [-0.15, -0.1) is 0 Å². The molecule has 0 fully saturated rings. The van der Waals surface area contributed by atoms with Gasteiger partial charge in [0, 0.05) is 27.7 Å². The van der Waals surface area contributed by atoms with Crippen LogP contribution in [-0.4, -0.2) is 39.6 Å². The van der Waals surface area contributed by atoms with Crippen LogP contribution in [0.15, 0.2) is 22.8 Å². The van der Waals surface area contributed by atoms with Crippen LogP contribution >= 0.6 is 0 Å². The molecular formula is C14H25N3O3Si. The van der Waals surface area contributed by atoms with Crippen molar-refractivity contribution >= 4 is 20.0 Å². The predicted molar refractivity (Wildman–Crippen MR) is 85.2 cm³/mol. The van der Waals surface area contributed by atoms with Crippen LogP contribution in [0.3, 0.4) is 0 Å². The van der Waals surface area contributed by atoms with E-state index < -0.39 is 8.07 Å². The van der Waals surface area contributed by atoms with Crippen molar-refractivity contribution in [2.75, 3.05) is 19.6 Å². The molecule has 21 heavy (non-hydrogen) atoms. The van der Waals surface area contributed by atoms with E-state index in [-0.39, 0.29) is 17.7 Å². The van der Waals surface area contributed by atoms with Gasteiger partial charge in [0.25, 0.3) is 5.91 Å². The van der Waals surface area contributed by atoms with Gasteiger partial charge < -0.3 is 20.4 Å². The highest BCUT2D eigenvalue weighted by Crippen LogP contribution is 2.09. The first-order valence-electron chi connectivity index (χ1n) is 7.22. The Bertz CT molecular complexity index is 441. The summed E-state index contributed by atoms with van der Waals surface area (Å²) in [5.41, 5.74) is 0. The number of rotatable bonds is 8. The highest BCUT2D eigenvalue weighted by atomic mass is 28.3. The lowest BCUT2D eigenvalue weighted by molar-refractivity contribution is 0.0926.